The van der Waals surface area contributed by atoms with Crippen molar-refractivity contribution in [3.63, 3.8) is 0 Å². The molecule has 0 fully saturated rings. The minimum absolute atomic E-state index is 0.252. The SMILES string of the molecule is CCC=NCCSCCC(=O)O. The molecule has 4 heteroatoms. The van der Waals surface area contributed by atoms with Gasteiger partial charge >= 0.3 is 5.97 Å². The lowest BCUT2D eigenvalue weighted by atomic mass is 10.5. The van der Waals surface area contributed by atoms with Crippen LogP contribution in [0.5, 0.6) is 0 Å². The van der Waals surface area contributed by atoms with Crippen molar-refractivity contribution in [3.05, 3.63) is 0 Å². The summed E-state index contributed by atoms with van der Waals surface area (Å²) in [7, 11) is 0. The summed E-state index contributed by atoms with van der Waals surface area (Å²) in [6.45, 7) is 2.85. The van der Waals surface area contributed by atoms with E-state index < -0.39 is 5.97 Å². The number of aliphatic carboxylic acids is 1. The second-order valence-corrected chi connectivity index (χ2v) is 3.48. The third kappa shape index (κ3) is 9.49. The van der Waals surface area contributed by atoms with Gasteiger partial charge < -0.3 is 5.11 Å². The number of carboxylic acids is 1. The Morgan fingerprint density at radius 2 is 2.33 bits per heavy atom. The second-order valence-electron chi connectivity index (χ2n) is 2.25. The van der Waals surface area contributed by atoms with E-state index in [1.165, 1.54) is 0 Å². The lowest BCUT2D eigenvalue weighted by molar-refractivity contribution is -0.136. The Morgan fingerprint density at radius 1 is 1.58 bits per heavy atom. The van der Waals surface area contributed by atoms with Gasteiger partial charge in [-0.25, -0.2) is 0 Å². The van der Waals surface area contributed by atoms with Gasteiger partial charge in [0, 0.05) is 18.1 Å². The number of nitrogens with zero attached hydrogens (tertiary/aromatic N) is 1. The molecule has 0 aromatic heterocycles. The van der Waals surface area contributed by atoms with Crippen LogP contribution in [0.2, 0.25) is 0 Å². The zero-order valence-corrected chi connectivity index (χ0v) is 8.14. The first-order valence-corrected chi connectivity index (χ1v) is 5.20. The summed E-state index contributed by atoms with van der Waals surface area (Å²) >= 11 is 1.64. The van der Waals surface area contributed by atoms with E-state index in [-0.39, 0.29) is 6.42 Å². The Hall–Kier alpha value is -0.510. The van der Waals surface area contributed by atoms with E-state index in [0.717, 1.165) is 18.7 Å². The van der Waals surface area contributed by atoms with Crippen molar-refractivity contribution in [1.29, 1.82) is 0 Å². The van der Waals surface area contributed by atoms with Crippen LogP contribution in [0.3, 0.4) is 0 Å². The molecule has 0 saturated carbocycles. The largest absolute Gasteiger partial charge is 0.481 e. The van der Waals surface area contributed by atoms with Gasteiger partial charge in [0.05, 0.1) is 6.42 Å². The fraction of sp³-hybridized carbons (Fsp3) is 0.750. The highest BCUT2D eigenvalue weighted by Crippen LogP contribution is 2.01. The van der Waals surface area contributed by atoms with Gasteiger partial charge in [0.15, 0.2) is 0 Å². The van der Waals surface area contributed by atoms with Crippen molar-refractivity contribution in [1.82, 2.24) is 0 Å². The maximum absolute atomic E-state index is 10.1. The van der Waals surface area contributed by atoms with Crippen LogP contribution in [0.25, 0.3) is 0 Å². The summed E-state index contributed by atoms with van der Waals surface area (Å²) in [5.41, 5.74) is 0. The van der Waals surface area contributed by atoms with Crippen LogP contribution in [-0.2, 0) is 4.79 Å². The minimum atomic E-state index is -0.723. The first-order chi connectivity index (χ1) is 5.77. The van der Waals surface area contributed by atoms with Crippen LogP contribution in [0, 0.1) is 0 Å². The fourth-order valence-electron chi connectivity index (χ4n) is 0.599. The van der Waals surface area contributed by atoms with Crippen LogP contribution in [-0.4, -0.2) is 35.3 Å². The van der Waals surface area contributed by atoms with Crippen molar-refractivity contribution in [2.24, 2.45) is 4.99 Å². The Kier molecular flexibility index (Phi) is 8.22. The van der Waals surface area contributed by atoms with E-state index >= 15 is 0 Å². The Labute approximate surface area is 77.3 Å². The summed E-state index contributed by atoms with van der Waals surface area (Å²) in [5.74, 6) is 0.889. The number of hydrogen-bond acceptors (Lipinski definition) is 3. The molecule has 0 atom stereocenters. The smallest absolute Gasteiger partial charge is 0.304 e. The highest BCUT2D eigenvalue weighted by molar-refractivity contribution is 7.99. The summed E-state index contributed by atoms with van der Waals surface area (Å²) in [4.78, 5) is 14.2. The van der Waals surface area contributed by atoms with Gasteiger partial charge in [0.2, 0.25) is 0 Å². The van der Waals surface area contributed by atoms with Crippen molar-refractivity contribution < 1.29 is 9.90 Å². The zero-order chi connectivity index (χ0) is 9.23. The van der Waals surface area contributed by atoms with E-state index in [1.807, 2.05) is 13.1 Å². The first-order valence-electron chi connectivity index (χ1n) is 4.05. The molecule has 0 rings (SSSR count). The van der Waals surface area contributed by atoms with Crippen molar-refractivity contribution >= 4 is 23.9 Å². The summed E-state index contributed by atoms with van der Waals surface area (Å²) in [6.07, 6.45) is 3.11. The van der Waals surface area contributed by atoms with Crippen LogP contribution in [0.4, 0.5) is 0 Å². The molecule has 0 aliphatic heterocycles. The average Bonchev–Trinajstić information content (AvgIpc) is 2.02. The molecule has 0 spiro atoms. The van der Waals surface area contributed by atoms with Gasteiger partial charge in [0.1, 0.15) is 0 Å². The highest BCUT2D eigenvalue weighted by Gasteiger charge is 1.94. The van der Waals surface area contributed by atoms with Crippen LogP contribution < -0.4 is 0 Å². The Bertz CT molecular complexity index is 148. The van der Waals surface area contributed by atoms with E-state index in [2.05, 4.69) is 4.99 Å². The normalized spacial score (nSPS) is 10.8. The van der Waals surface area contributed by atoms with Crippen LogP contribution >= 0.6 is 11.8 Å². The third-order valence-corrected chi connectivity index (χ3v) is 2.10. The van der Waals surface area contributed by atoms with Crippen molar-refractivity contribution in [2.75, 3.05) is 18.1 Å². The minimum Gasteiger partial charge on any atom is -0.481 e. The first kappa shape index (κ1) is 11.5. The number of hydrogen-bond donors (Lipinski definition) is 1. The molecule has 1 N–H and O–H groups in total. The Morgan fingerprint density at radius 3 is 2.92 bits per heavy atom. The average molecular weight is 189 g/mol. The quantitative estimate of drug-likeness (QED) is 0.489. The summed E-state index contributed by atoms with van der Waals surface area (Å²) < 4.78 is 0. The molecule has 0 aliphatic carbocycles. The lowest BCUT2D eigenvalue weighted by Crippen LogP contribution is -1.97. The molecule has 0 aliphatic rings. The zero-order valence-electron chi connectivity index (χ0n) is 7.32. The van der Waals surface area contributed by atoms with E-state index in [4.69, 9.17) is 5.11 Å². The molecule has 0 bridgehead atoms. The predicted molar refractivity (Wildman–Crippen MR) is 53.2 cm³/mol. The lowest BCUT2D eigenvalue weighted by Gasteiger charge is -1.94. The van der Waals surface area contributed by atoms with E-state index in [9.17, 15) is 4.79 Å². The molecule has 0 aromatic rings. The van der Waals surface area contributed by atoms with Crippen molar-refractivity contribution in [2.45, 2.75) is 19.8 Å². The number of rotatable bonds is 7. The molecule has 0 saturated heterocycles. The van der Waals surface area contributed by atoms with E-state index in [1.54, 1.807) is 11.8 Å². The molecule has 0 heterocycles. The van der Waals surface area contributed by atoms with Gasteiger partial charge in [-0.05, 0) is 12.6 Å². The number of carboxylic acid groups (broad SMARTS) is 1. The third-order valence-electron chi connectivity index (χ3n) is 1.14. The molecule has 70 valence electrons. The second kappa shape index (κ2) is 8.59. The molecule has 0 aromatic carbocycles. The summed E-state index contributed by atoms with van der Waals surface area (Å²) in [6, 6.07) is 0. The maximum atomic E-state index is 10.1. The monoisotopic (exact) mass is 189 g/mol. The predicted octanol–water partition coefficient (Wildman–Crippen LogP) is 1.68. The van der Waals surface area contributed by atoms with Gasteiger partial charge in [0.25, 0.3) is 0 Å². The molecule has 3 nitrogen and oxygen atoms in total. The Balaban J connectivity index is 3.00. The highest BCUT2D eigenvalue weighted by atomic mass is 32.2. The number of thioether (sulfide) groups is 1. The van der Waals surface area contributed by atoms with Gasteiger partial charge in [-0.1, -0.05) is 6.92 Å². The maximum Gasteiger partial charge on any atom is 0.304 e. The molecule has 0 unspecified atom stereocenters. The van der Waals surface area contributed by atoms with Gasteiger partial charge in [-0.3, -0.25) is 9.79 Å². The fourth-order valence-corrected chi connectivity index (χ4v) is 1.36. The molecular formula is C8H15NO2S. The van der Waals surface area contributed by atoms with Gasteiger partial charge in [-0.2, -0.15) is 11.8 Å². The molecule has 0 radical (unpaired) electrons. The molecular weight excluding hydrogens is 174 g/mol. The van der Waals surface area contributed by atoms with Crippen molar-refractivity contribution in [3.8, 4) is 0 Å². The van der Waals surface area contributed by atoms with E-state index in [0.29, 0.717) is 5.75 Å². The van der Waals surface area contributed by atoms with Crippen LogP contribution in [0.1, 0.15) is 19.8 Å². The standard InChI is InChI=1S/C8H15NO2S/c1-2-4-9-5-7-12-6-3-8(10)11/h4H,2-3,5-7H2,1H3,(H,10,11). The number of carbonyl (C=O) groups is 1. The van der Waals surface area contributed by atoms with Crippen LogP contribution in [0.15, 0.2) is 4.99 Å². The molecule has 0 amide bonds. The topological polar surface area (TPSA) is 49.7 Å². The van der Waals surface area contributed by atoms with Gasteiger partial charge in [-0.15, -0.1) is 0 Å². The number of aliphatic imine (C=N–C) groups is 1. The molecule has 12 heavy (non-hydrogen) atoms. The summed E-state index contributed by atoms with van der Waals surface area (Å²) in [5, 5.41) is 8.31.